The molecule has 0 fully saturated rings. The predicted octanol–water partition coefficient (Wildman–Crippen LogP) is 4.28. The van der Waals surface area contributed by atoms with Crippen LogP contribution in [0.25, 0.3) is 0 Å². The van der Waals surface area contributed by atoms with Crippen molar-refractivity contribution >= 4 is 11.6 Å². The second-order valence-corrected chi connectivity index (χ2v) is 6.52. The van der Waals surface area contributed by atoms with E-state index in [0.717, 1.165) is 41.7 Å². The number of nitrogens with zero attached hydrogens (tertiary/aromatic N) is 3. The van der Waals surface area contributed by atoms with Crippen LogP contribution in [0.5, 0.6) is 0 Å². The van der Waals surface area contributed by atoms with Gasteiger partial charge in [-0.2, -0.15) is 5.10 Å². The van der Waals surface area contributed by atoms with Crippen molar-refractivity contribution in [2.75, 3.05) is 0 Å². The Hall–Kier alpha value is -1.26. The van der Waals surface area contributed by atoms with Crippen LogP contribution in [0.1, 0.15) is 44.7 Å². The molecule has 0 aliphatic heterocycles. The molecular weight excluding hydrogens is 298 g/mol. The Morgan fingerprint density at radius 1 is 1.32 bits per heavy atom. The van der Waals surface area contributed by atoms with Crippen LogP contribution in [-0.4, -0.2) is 20.7 Å². The first-order valence-corrected chi connectivity index (χ1v) is 8.28. The molecule has 0 amide bonds. The molecule has 2 aromatic heterocycles. The van der Waals surface area contributed by atoms with E-state index in [1.54, 1.807) is 10.9 Å². The number of furan rings is 1. The van der Waals surface area contributed by atoms with Crippen LogP contribution in [0.4, 0.5) is 0 Å². The molecule has 0 bridgehead atoms. The lowest BCUT2D eigenvalue weighted by atomic mass is 10.0. The topological polar surface area (TPSA) is 34.2 Å². The van der Waals surface area contributed by atoms with Gasteiger partial charge in [-0.3, -0.25) is 9.58 Å². The van der Waals surface area contributed by atoms with Gasteiger partial charge in [-0.15, -0.1) is 0 Å². The molecule has 0 aromatic carbocycles. The van der Waals surface area contributed by atoms with Gasteiger partial charge in [-0.05, 0) is 31.4 Å². The molecule has 122 valence electrons. The number of halogens is 1. The molecule has 5 heteroatoms. The van der Waals surface area contributed by atoms with Gasteiger partial charge in [-0.25, -0.2) is 0 Å². The van der Waals surface area contributed by atoms with Crippen LogP contribution in [0, 0.1) is 5.92 Å². The van der Waals surface area contributed by atoms with E-state index >= 15 is 0 Å². The molecular formula is C17H26ClN3O. The highest BCUT2D eigenvalue weighted by atomic mass is 35.5. The smallest absolute Gasteiger partial charge is 0.131 e. The zero-order chi connectivity index (χ0) is 16.3. The van der Waals surface area contributed by atoms with Gasteiger partial charge in [0, 0.05) is 25.2 Å². The second-order valence-electron chi connectivity index (χ2n) is 6.16. The van der Waals surface area contributed by atoms with E-state index in [-0.39, 0.29) is 0 Å². The highest BCUT2D eigenvalue weighted by molar-refractivity contribution is 6.30. The molecule has 2 aromatic rings. The summed E-state index contributed by atoms with van der Waals surface area (Å²) in [4.78, 5) is 2.41. The SMILES string of the molecule is CCc1nn(C)c(Cl)c1CN(Cc1ccco1)[C@@H](C)C(C)C. The van der Waals surface area contributed by atoms with Crippen molar-refractivity contribution in [1.82, 2.24) is 14.7 Å². The average molecular weight is 324 g/mol. The maximum atomic E-state index is 6.45. The van der Waals surface area contributed by atoms with Gasteiger partial charge < -0.3 is 4.42 Å². The Morgan fingerprint density at radius 3 is 2.59 bits per heavy atom. The number of hydrogen-bond acceptors (Lipinski definition) is 3. The Morgan fingerprint density at radius 2 is 2.05 bits per heavy atom. The van der Waals surface area contributed by atoms with Gasteiger partial charge in [0.1, 0.15) is 10.9 Å². The van der Waals surface area contributed by atoms with E-state index in [1.807, 2.05) is 19.2 Å². The summed E-state index contributed by atoms with van der Waals surface area (Å²) < 4.78 is 7.29. The van der Waals surface area contributed by atoms with Crippen LogP contribution >= 0.6 is 11.6 Å². The minimum absolute atomic E-state index is 0.422. The number of aromatic nitrogens is 2. The second kappa shape index (κ2) is 7.34. The molecule has 2 heterocycles. The van der Waals surface area contributed by atoms with Crippen LogP contribution in [0.15, 0.2) is 22.8 Å². The van der Waals surface area contributed by atoms with E-state index in [9.17, 15) is 0 Å². The van der Waals surface area contributed by atoms with E-state index in [0.29, 0.717) is 12.0 Å². The van der Waals surface area contributed by atoms with Crippen molar-refractivity contribution in [1.29, 1.82) is 0 Å². The number of rotatable bonds is 7. The minimum Gasteiger partial charge on any atom is -0.468 e. The van der Waals surface area contributed by atoms with Crippen molar-refractivity contribution in [3.05, 3.63) is 40.6 Å². The first-order valence-electron chi connectivity index (χ1n) is 7.90. The highest BCUT2D eigenvalue weighted by Gasteiger charge is 2.23. The molecule has 0 unspecified atom stereocenters. The molecule has 0 N–H and O–H groups in total. The quantitative estimate of drug-likeness (QED) is 0.763. The third-order valence-corrected chi connectivity index (χ3v) is 4.80. The lowest BCUT2D eigenvalue weighted by molar-refractivity contribution is 0.140. The van der Waals surface area contributed by atoms with Gasteiger partial charge in [0.2, 0.25) is 0 Å². The first kappa shape index (κ1) is 17.1. The highest BCUT2D eigenvalue weighted by Crippen LogP contribution is 2.25. The number of aryl methyl sites for hydroxylation is 2. The first-order chi connectivity index (χ1) is 10.4. The zero-order valence-corrected chi connectivity index (χ0v) is 14.9. The van der Waals surface area contributed by atoms with Gasteiger partial charge >= 0.3 is 0 Å². The molecule has 0 saturated heterocycles. The third kappa shape index (κ3) is 3.73. The van der Waals surface area contributed by atoms with Crippen molar-refractivity contribution in [2.24, 2.45) is 13.0 Å². The fourth-order valence-electron chi connectivity index (χ4n) is 2.61. The molecule has 2 rings (SSSR count). The zero-order valence-electron chi connectivity index (χ0n) is 14.1. The maximum absolute atomic E-state index is 6.45. The Bertz CT molecular complexity index is 589. The Labute approximate surface area is 138 Å². The van der Waals surface area contributed by atoms with Crippen molar-refractivity contribution in [2.45, 2.75) is 53.2 Å². The molecule has 0 radical (unpaired) electrons. The number of hydrogen-bond donors (Lipinski definition) is 0. The van der Waals surface area contributed by atoms with Crippen LogP contribution < -0.4 is 0 Å². The van der Waals surface area contributed by atoms with Crippen LogP contribution in [0.3, 0.4) is 0 Å². The summed E-state index contributed by atoms with van der Waals surface area (Å²) in [5.41, 5.74) is 2.21. The standard InChI is InChI=1S/C17H26ClN3O/c1-6-16-15(17(18)20(5)19-16)11-21(13(4)12(2)3)10-14-8-7-9-22-14/h7-9,12-13H,6,10-11H2,1-5H3/t13-/m0/s1. The van der Waals surface area contributed by atoms with Crippen molar-refractivity contribution in [3.63, 3.8) is 0 Å². The summed E-state index contributed by atoms with van der Waals surface area (Å²) in [6.07, 6.45) is 2.61. The Balaban J connectivity index is 2.26. The van der Waals surface area contributed by atoms with Crippen LogP contribution in [0.2, 0.25) is 5.15 Å². The van der Waals surface area contributed by atoms with Crippen LogP contribution in [-0.2, 0) is 26.6 Å². The van der Waals surface area contributed by atoms with Gasteiger partial charge in [-0.1, -0.05) is 32.4 Å². The predicted molar refractivity (Wildman–Crippen MR) is 89.9 cm³/mol. The summed E-state index contributed by atoms with van der Waals surface area (Å²) >= 11 is 6.45. The summed E-state index contributed by atoms with van der Waals surface area (Å²) in [6.45, 7) is 10.4. The summed E-state index contributed by atoms with van der Waals surface area (Å²) in [6, 6.07) is 4.37. The minimum atomic E-state index is 0.422. The van der Waals surface area contributed by atoms with E-state index < -0.39 is 0 Å². The van der Waals surface area contributed by atoms with E-state index in [2.05, 4.69) is 37.7 Å². The van der Waals surface area contributed by atoms with Gasteiger partial charge in [0.25, 0.3) is 0 Å². The normalized spacial score (nSPS) is 13.3. The van der Waals surface area contributed by atoms with E-state index in [1.165, 1.54) is 0 Å². The van der Waals surface area contributed by atoms with E-state index in [4.69, 9.17) is 16.0 Å². The van der Waals surface area contributed by atoms with Gasteiger partial charge in [0.15, 0.2) is 0 Å². The summed E-state index contributed by atoms with van der Waals surface area (Å²) in [5.74, 6) is 1.53. The third-order valence-electron chi connectivity index (χ3n) is 4.33. The fraction of sp³-hybridized carbons (Fsp3) is 0.588. The molecule has 0 aliphatic carbocycles. The van der Waals surface area contributed by atoms with Crippen molar-refractivity contribution in [3.8, 4) is 0 Å². The average Bonchev–Trinajstić information content (AvgIpc) is 3.08. The Kier molecular flexibility index (Phi) is 5.70. The molecule has 4 nitrogen and oxygen atoms in total. The molecule has 22 heavy (non-hydrogen) atoms. The van der Waals surface area contributed by atoms with Gasteiger partial charge in [0.05, 0.1) is 18.5 Å². The fourth-order valence-corrected chi connectivity index (χ4v) is 2.82. The monoisotopic (exact) mass is 323 g/mol. The van der Waals surface area contributed by atoms with Crippen molar-refractivity contribution < 1.29 is 4.42 Å². The lowest BCUT2D eigenvalue weighted by Crippen LogP contribution is -2.35. The molecule has 0 saturated carbocycles. The maximum Gasteiger partial charge on any atom is 0.131 e. The molecule has 0 aliphatic rings. The molecule has 1 atom stereocenters. The summed E-state index contributed by atoms with van der Waals surface area (Å²) in [7, 11) is 1.90. The molecule has 0 spiro atoms. The lowest BCUT2D eigenvalue weighted by Gasteiger charge is -2.31. The largest absolute Gasteiger partial charge is 0.468 e. The summed E-state index contributed by atoms with van der Waals surface area (Å²) in [5, 5.41) is 5.25.